The fourth-order valence-corrected chi connectivity index (χ4v) is 2.40. The van der Waals surface area contributed by atoms with Crippen molar-refractivity contribution < 1.29 is 8.78 Å². The zero-order valence-electron chi connectivity index (χ0n) is 12.5. The Morgan fingerprint density at radius 1 is 1.14 bits per heavy atom. The van der Waals surface area contributed by atoms with Crippen LogP contribution in [-0.4, -0.2) is 9.55 Å². The van der Waals surface area contributed by atoms with Crippen molar-refractivity contribution in [1.29, 1.82) is 0 Å². The molecule has 0 aliphatic rings. The third-order valence-corrected chi connectivity index (χ3v) is 3.49. The van der Waals surface area contributed by atoms with Crippen molar-refractivity contribution in [3.8, 4) is 11.3 Å². The fraction of sp³-hybridized carbons (Fsp3) is 0.438. The number of hydrogen-bond acceptors (Lipinski definition) is 2. The summed E-state index contributed by atoms with van der Waals surface area (Å²) in [6.45, 7) is 4.85. The molecule has 2 aromatic rings. The summed E-state index contributed by atoms with van der Waals surface area (Å²) < 4.78 is 29.8. The van der Waals surface area contributed by atoms with E-state index in [4.69, 9.17) is 5.73 Å². The monoisotopic (exact) mass is 293 g/mol. The molecule has 2 rings (SSSR count). The Hall–Kier alpha value is -1.91. The third kappa shape index (κ3) is 3.06. The van der Waals surface area contributed by atoms with E-state index < -0.39 is 11.6 Å². The number of rotatable bonds is 6. The van der Waals surface area contributed by atoms with Gasteiger partial charge >= 0.3 is 0 Å². The van der Waals surface area contributed by atoms with E-state index in [1.807, 2.05) is 11.5 Å². The average molecular weight is 293 g/mol. The molecule has 0 amide bonds. The van der Waals surface area contributed by atoms with Gasteiger partial charge in [0.15, 0.2) is 0 Å². The molecule has 0 saturated heterocycles. The van der Waals surface area contributed by atoms with E-state index in [1.165, 1.54) is 18.2 Å². The van der Waals surface area contributed by atoms with Crippen LogP contribution in [0.5, 0.6) is 0 Å². The normalized spacial score (nSPS) is 11.0. The molecular weight excluding hydrogens is 272 g/mol. The van der Waals surface area contributed by atoms with E-state index >= 15 is 0 Å². The number of nitrogen functional groups attached to an aromatic ring is 1. The zero-order chi connectivity index (χ0) is 15.4. The van der Waals surface area contributed by atoms with Crippen LogP contribution in [0.3, 0.4) is 0 Å². The van der Waals surface area contributed by atoms with Crippen molar-refractivity contribution in [1.82, 2.24) is 9.55 Å². The molecule has 0 unspecified atom stereocenters. The third-order valence-electron chi connectivity index (χ3n) is 3.49. The Balaban J connectivity index is 2.54. The lowest BCUT2D eigenvalue weighted by molar-refractivity contribution is 0.589. The molecule has 114 valence electrons. The molecule has 3 nitrogen and oxygen atoms in total. The highest BCUT2D eigenvalue weighted by atomic mass is 19.1. The molecule has 0 atom stereocenters. The molecule has 21 heavy (non-hydrogen) atoms. The number of nitrogens with two attached hydrogens (primary N) is 1. The topological polar surface area (TPSA) is 43.8 Å². The second-order valence-corrected chi connectivity index (χ2v) is 5.11. The van der Waals surface area contributed by atoms with Gasteiger partial charge in [-0.1, -0.05) is 26.3 Å². The fourth-order valence-electron chi connectivity index (χ4n) is 2.40. The predicted molar refractivity (Wildman–Crippen MR) is 80.9 cm³/mol. The Labute approximate surface area is 123 Å². The first-order valence-electron chi connectivity index (χ1n) is 7.39. The number of anilines is 1. The maximum Gasteiger partial charge on any atom is 0.135 e. The molecule has 5 heteroatoms. The van der Waals surface area contributed by atoms with Gasteiger partial charge in [-0.05, 0) is 25.0 Å². The average Bonchev–Trinajstić information content (AvgIpc) is 2.74. The van der Waals surface area contributed by atoms with Gasteiger partial charge in [-0.15, -0.1) is 0 Å². The highest BCUT2D eigenvalue weighted by molar-refractivity contribution is 5.72. The van der Waals surface area contributed by atoms with Crippen molar-refractivity contribution >= 4 is 5.82 Å². The van der Waals surface area contributed by atoms with Crippen LogP contribution >= 0.6 is 0 Å². The van der Waals surface area contributed by atoms with Crippen molar-refractivity contribution in [2.24, 2.45) is 0 Å². The maximum absolute atomic E-state index is 14.0. The minimum atomic E-state index is -0.634. The van der Waals surface area contributed by atoms with Crippen LogP contribution in [-0.2, 0) is 13.0 Å². The maximum atomic E-state index is 14.0. The second kappa shape index (κ2) is 6.70. The van der Waals surface area contributed by atoms with Crippen LogP contribution < -0.4 is 5.73 Å². The van der Waals surface area contributed by atoms with Crippen LogP contribution in [0.25, 0.3) is 11.3 Å². The first-order chi connectivity index (χ1) is 10.1. The lowest BCUT2D eigenvalue weighted by Gasteiger charge is -2.08. The molecule has 0 aliphatic heterocycles. The SMILES string of the molecule is CCCCn1c(CCC)nc(-c2c(F)cccc2F)c1N. The van der Waals surface area contributed by atoms with Gasteiger partial charge in [0, 0.05) is 13.0 Å². The van der Waals surface area contributed by atoms with E-state index in [2.05, 4.69) is 11.9 Å². The van der Waals surface area contributed by atoms with Gasteiger partial charge in [-0.3, -0.25) is 0 Å². The Morgan fingerprint density at radius 3 is 2.38 bits per heavy atom. The molecule has 0 fully saturated rings. The van der Waals surface area contributed by atoms with Crippen LogP contribution in [0.1, 0.15) is 38.9 Å². The van der Waals surface area contributed by atoms with Crippen molar-refractivity contribution in [3.05, 3.63) is 35.7 Å². The summed E-state index contributed by atoms with van der Waals surface area (Å²) in [4.78, 5) is 4.40. The number of benzene rings is 1. The van der Waals surface area contributed by atoms with E-state index in [0.29, 0.717) is 5.82 Å². The van der Waals surface area contributed by atoms with Crippen LogP contribution in [0.4, 0.5) is 14.6 Å². The number of hydrogen-bond donors (Lipinski definition) is 1. The molecule has 0 spiro atoms. The predicted octanol–water partition coefficient (Wildman–Crippen LogP) is 4.16. The number of aryl methyl sites for hydroxylation is 1. The minimum absolute atomic E-state index is 0.136. The molecule has 1 aromatic carbocycles. The van der Waals surface area contributed by atoms with Crippen molar-refractivity contribution in [3.63, 3.8) is 0 Å². The highest BCUT2D eigenvalue weighted by Gasteiger charge is 2.21. The summed E-state index contributed by atoms with van der Waals surface area (Å²) in [6, 6.07) is 3.79. The van der Waals surface area contributed by atoms with E-state index in [0.717, 1.165) is 38.1 Å². The van der Waals surface area contributed by atoms with E-state index in [1.54, 1.807) is 0 Å². The standard InChI is InChI=1S/C16H21F2N3/c1-3-5-10-21-13(7-4-2)20-15(16(21)19)14-11(17)8-6-9-12(14)18/h6,8-9H,3-5,7,10,19H2,1-2H3. The molecule has 0 aliphatic carbocycles. The van der Waals surface area contributed by atoms with Gasteiger partial charge < -0.3 is 10.3 Å². The zero-order valence-corrected chi connectivity index (χ0v) is 12.5. The number of halogens is 2. The van der Waals surface area contributed by atoms with Crippen LogP contribution in [0, 0.1) is 11.6 Å². The van der Waals surface area contributed by atoms with Gasteiger partial charge in [0.2, 0.25) is 0 Å². The van der Waals surface area contributed by atoms with Gasteiger partial charge in [-0.25, -0.2) is 13.8 Å². The molecule has 0 saturated carbocycles. The Morgan fingerprint density at radius 2 is 1.81 bits per heavy atom. The van der Waals surface area contributed by atoms with Crippen LogP contribution in [0.2, 0.25) is 0 Å². The summed E-state index contributed by atoms with van der Waals surface area (Å²) in [5.74, 6) is -0.133. The first kappa shape index (κ1) is 15.5. The summed E-state index contributed by atoms with van der Waals surface area (Å²) in [5.41, 5.74) is 6.19. The molecule has 1 heterocycles. The Kier molecular flexibility index (Phi) is 4.94. The van der Waals surface area contributed by atoms with Gasteiger partial charge in [0.25, 0.3) is 0 Å². The van der Waals surface area contributed by atoms with E-state index in [-0.39, 0.29) is 11.3 Å². The summed E-state index contributed by atoms with van der Waals surface area (Å²) in [7, 11) is 0. The highest BCUT2D eigenvalue weighted by Crippen LogP contribution is 2.31. The summed E-state index contributed by atoms with van der Waals surface area (Å²) in [5, 5.41) is 0. The number of unbranched alkanes of at least 4 members (excludes halogenated alkanes) is 1. The molecular formula is C16H21F2N3. The summed E-state index contributed by atoms with van der Waals surface area (Å²) in [6.07, 6.45) is 3.62. The lowest BCUT2D eigenvalue weighted by atomic mass is 10.1. The van der Waals surface area contributed by atoms with Crippen molar-refractivity contribution in [2.45, 2.75) is 46.1 Å². The molecule has 0 bridgehead atoms. The smallest absolute Gasteiger partial charge is 0.135 e. The van der Waals surface area contributed by atoms with Gasteiger partial charge in [0.05, 0.1) is 5.56 Å². The van der Waals surface area contributed by atoms with Crippen LogP contribution in [0.15, 0.2) is 18.2 Å². The van der Waals surface area contributed by atoms with Gasteiger partial charge in [-0.2, -0.15) is 0 Å². The van der Waals surface area contributed by atoms with Gasteiger partial charge in [0.1, 0.15) is 29.0 Å². The van der Waals surface area contributed by atoms with Crippen molar-refractivity contribution in [2.75, 3.05) is 5.73 Å². The molecule has 1 aromatic heterocycles. The minimum Gasteiger partial charge on any atom is -0.383 e. The van der Waals surface area contributed by atoms with E-state index in [9.17, 15) is 8.78 Å². The second-order valence-electron chi connectivity index (χ2n) is 5.11. The Bertz CT molecular complexity index is 600. The number of nitrogens with zero attached hydrogens (tertiary/aromatic N) is 2. The molecule has 2 N–H and O–H groups in total. The quantitative estimate of drug-likeness (QED) is 0.869. The number of aromatic nitrogens is 2. The molecule has 0 radical (unpaired) electrons. The summed E-state index contributed by atoms with van der Waals surface area (Å²) >= 11 is 0. The number of imidazole rings is 1. The lowest BCUT2D eigenvalue weighted by Crippen LogP contribution is -2.07. The first-order valence-corrected chi connectivity index (χ1v) is 7.39. The largest absolute Gasteiger partial charge is 0.383 e.